The lowest BCUT2D eigenvalue weighted by atomic mass is 10.3. The molecule has 0 amide bonds. The molecule has 4 nitrogen and oxygen atoms in total. The van der Waals surface area contributed by atoms with E-state index in [0.29, 0.717) is 22.5 Å². The molecule has 0 aliphatic heterocycles. The smallest absolute Gasteiger partial charge is 0.174 e. The van der Waals surface area contributed by atoms with Crippen LogP contribution >= 0.6 is 15.9 Å². The number of hydrogen-bond acceptors (Lipinski definition) is 4. The van der Waals surface area contributed by atoms with Crippen molar-refractivity contribution in [3.05, 3.63) is 46.0 Å². The molecule has 0 bridgehead atoms. The van der Waals surface area contributed by atoms with E-state index in [-0.39, 0.29) is 12.4 Å². The van der Waals surface area contributed by atoms with E-state index in [1.807, 2.05) is 7.05 Å². The van der Waals surface area contributed by atoms with Crippen LogP contribution < -0.4 is 10.1 Å². The first-order valence-electron chi connectivity index (χ1n) is 5.36. The zero-order valence-corrected chi connectivity index (χ0v) is 11.3. The maximum atomic E-state index is 13.2. The number of nitrogens with zero attached hydrogens (tertiary/aromatic N) is 1. The summed E-state index contributed by atoms with van der Waals surface area (Å²) in [5.74, 6) is 0.687. The van der Waals surface area contributed by atoms with Crippen molar-refractivity contribution in [3.8, 4) is 5.75 Å². The van der Waals surface area contributed by atoms with E-state index >= 15 is 0 Å². The van der Waals surface area contributed by atoms with Gasteiger partial charge in [-0.2, -0.15) is 0 Å². The molecule has 0 unspecified atom stereocenters. The average Bonchev–Trinajstić information content (AvgIpc) is 2.79. The van der Waals surface area contributed by atoms with Crippen LogP contribution in [0.2, 0.25) is 0 Å². The molecule has 1 N–H and O–H groups in total. The molecule has 0 saturated carbocycles. The Bertz CT molecular complexity index is 531. The van der Waals surface area contributed by atoms with Gasteiger partial charge in [-0.25, -0.2) is 4.39 Å². The largest absolute Gasteiger partial charge is 0.485 e. The molecule has 2 rings (SSSR count). The Balaban J connectivity index is 1.95. The number of aromatic nitrogens is 1. The molecular formula is C12H12BrFN2O2. The highest BCUT2D eigenvalue weighted by Crippen LogP contribution is 2.21. The third-order valence-corrected chi connectivity index (χ3v) is 2.88. The monoisotopic (exact) mass is 314 g/mol. The third kappa shape index (κ3) is 3.30. The lowest BCUT2D eigenvalue weighted by Crippen LogP contribution is -2.04. The fourth-order valence-electron chi connectivity index (χ4n) is 1.41. The first-order chi connectivity index (χ1) is 8.69. The maximum Gasteiger partial charge on any atom is 0.174 e. The van der Waals surface area contributed by atoms with Crippen molar-refractivity contribution in [2.75, 3.05) is 7.05 Å². The number of ether oxygens (including phenoxy) is 1. The van der Waals surface area contributed by atoms with E-state index in [0.717, 1.165) is 5.69 Å². The van der Waals surface area contributed by atoms with Gasteiger partial charge in [0.15, 0.2) is 5.76 Å². The number of rotatable bonds is 5. The number of nitrogens with one attached hydrogen (secondary N) is 1. The van der Waals surface area contributed by atoms with Gasteiger partial charge in [0.2, 0.25) is 0 Å². The van der Waals surface area contributed by atoms with Gasteiger partial charge >= 0.3 is 0 Å². The van der Waals surface area contributed by atoms with Crippen LogP contribution in [-0.2, 0) is 13.2 Å². The number of halogens is 2. The first-order valence-corrected chi connectivity index (χ1v) is 6.15. The summed E-state index contributed by atoms with van der Waals surface area (Å²) in [6.45, 7) is 0.855. The second-order valence-corrected chi connectivity index (χ2v) is 4.53. The molecule has 0 aliphatic carbocycles. The van der Waals surface area contributed by atoms with Gasteiger partial charge in [-0.1, -0.05) is 5.16 Å². The first kappa shape index (κ1) is 13.0. The van der Waals surface area contributed by atoms with Crippen LogP contribution in [0.1, 0.15) is 11.5 Å². The molecule has 0 spiro atoms. The molecule has 0 radical (unpaired) electrons. The summed E-state index contributed by atoms with van der Waals surface area (Å²) < 4.78 is 24.1. The summed E-state index contributed by atoms with van der Waals surface area (Å²) in [4.78, 5) is 0. The molecule has 18 heavy (non-hydrogen) atoms. The van der Waals surface area contributed by atoms with Gasteiger partial charge in [0.05, 0.1) is 10.2 Å². The Hall–Kier alpha value is -1.40. The van der Waals surface area contributed by atoms with E-state index in [1.54, 1.807) is 18.2 Å². The third-order valence-electron chi connectivity index (χ3n) is 2.24. The Morgan fingerprint density at radius 3 is 3.00 bits per heavy atom. The molecule has 0 atom stereocenters. The lowest BCUT2D eigenvalue weighted by molar-refractivity contribution is 0.247. The van der Waals surface area contributed by atoms with Crippen LogP contribution in [0.25, 0.3) is 0 Å². The van der Waals surface area contributed by atoms with Crippen LogP contribution in [-0.4, -0.2) is 12.2 Å². The van der Waals surface area contributed by atoms with Gasteiger partial charge < -0.3 is 14.6 Å². The van der Waals surface area contributed by atoms with Crippen molar-refractivity contribution in [3.63, 3.8) is 0 Å². The van der Waals surface area contributed by atoms with Crippen molar-refractivity contribution in [2.45, 2.75) is 13.2 Å². The Morgan fingerprint density at radius 2 is 2.28 bits per heavy atom. The standard InChI is InChI=1S/C12H12BrFN2O2/c1-15-6-8-4-10(18-16-8)7-17-9-2-3-11(13)12(14)5-9/h2-5,15H,6-7H2,1H3. The highest BCUT2D eigenvalue weighted by atomic mass is 79.9. The molecule has 0 aliphatic rings. The summed E-state index contributed by atoms with van der Waals surface area (Å²) >= 11 is 3.08. The van der Waals surface area contributed by atoms with Gasteiger partial charge in [-0.05, 0) is 35.1 Å². The SMILES string of the molecule is CNCc1cc(COc2ccc(Br)c(F)c2)on1. The van der Waals surface area contributed by atoms with Crippen LogP contribution in [0.5, 0.6) is 5.75 Å². The molecular weight excluding hydrogens is 303 g/mol. The molecule has 1 aromatic heterocycles. The van der Waals surface area contributed by atoms with E-state index in [4.69, 9.17) is 9.26 Å². The quantitative estimate of drug-likeness (QED) is 0.922. The summed E-state index contributed by atoms with van der Waals surface area (Å²) in [6, 6.07) is 6.39. The average molecular weight is 315 g/mol. The summed E-state index contributed by atoms with van der Waals surface area (Å²) in [5.41, 5.74) is 0.804. The highest BCUT2D eigenvalue weighted by Gasteiger charge is 2.06. The van der Waals surface area contributed by atoms with E-state index in [9.17, 15) is 4.39 Å². The van der Waals surface area contributed by atoms with Crippen LogP contribution in [0.4, 0.5) is 4.39 Å². The van der Waals surface area contributed by atoms with Gasteiger partial charge in [-0.15, -0.1) is 0 Å². The fourth-order valence-corrected chi connectivity index (χ4v) is 1.66. The second kappa shape index (κ2) is 5.97. The van der Waals surface area contributed by atoms with E-state index < -0.39 is 0 Å². The van der Waals surface area contributed by atoms with Crippen molar-refractivity contribution < 1.29 is 13.7 Å². The molecule has 1 aromatic carbocycles. The number of benzene rings is 1. The zero-order valence-electron chi connectivity index (χ0n) is 9.74. The van der Waals surface area contributed by atoms with Gasteiger partial charge in [0, 0.05) is 18.7 Å². The minimum absolute atomic E-state index is 0.220. The molecule has 1 heterocycles. The van der Waals surface area contributed by atoms with Crippen LogP contribution in [0.15, 0.2) is 33.3 Å². The van der Waals surface area contributed by atoms with Gasteiger partial charge in [0.1, 0.15) is 18.2 Å². The van der Waals surface area contributed by atoms with Crippen LogP contribution in [0, 0.1) is 5.82 Å². The van der Waals surface area contributed by atoms with Crippen molar-refractivity contribution >= 4 is 15.9 Å². The second-order valence-electron chi connectivity index (χ2n) is 3.68. The van der Waals surface area contributed by atoms with Crippen LogP contribution in [0.3, 0.4) is 0 Å². The predicted molar refractivity (Wildman–Crippen MR) is 67.7 cm³/mol. The molecule has 0 saturated heterocycles. The lowest BCUT2D eigenvalue weighted by Gasteiger charge is -2.04. The van der Waals surface area contributed by atoms with E-state index in [1.165, 1.54) is 6.07 Å². The van der Waals surface area contributed by atoms with Crippen molar-refractivity contribution in [1.29, 1.82) is 0 Å². The number of hydrogen-bond donors (Lipinski definition) is 1. The zero-order chi connectivity index (χ0) is 13.0. The Labute approximate surface area is 112 Å². The Morgan fingerprint density at radius 1 is 1.44 bits per heavy atom. The Kier molecular flexibility index (Phi) is 4.33. The molecule has 96 valence electrons. The summed E-state index contributed by atoms with van der Waals surface area (Å²) in [6.07, 6.45) is 0. The minimum atomic E-state index is -0.360. The van der Waals surface area contributed by atoms with E-state index in [2.05, 4.69) is 26.4 Å². The molecule has 6 heteroatoms. The highest BCUT2D eigenvalue weighted by molar-refractivity contribution is 9.10. The van der Waals surface area contributed by atoms with Gasteiger partial charge in [0.25, 0.3) is 0 Å². The topological polar surface area (TPSA) is 47.3 Å². The molecule has 2 aromatic rings. The fraction of sp³-hybridized carbons (Fsp3) is 0.250. The molecule has 0 fully saturated rings. The normalized spacial score (nSPS) is 10.6. The summed E-state index contributed by atoms with van der Waals surface area (Å²) in [5, 5.41) is 6.82. The predicted octanol–water partition coefficient (Wildman–Crippen LogP) is 2.87. The van der Waals surface area contributed by atoms with Crippen molar-refractivity contribution in [2.24, 2.45) is 0 Å². The van der Waals surface area contributed by atoms with Gasteiger partial charge in [-0.3, -0.25) is 0 Å². The van der Waals surface area contributed by atoms with Crippen molar-refractivity contribution in [1.82, 2.24) is 10.5 Å². The summed E-state index contributed by atoms with van der Waals surface area (Å²) in [7, 11) is 1.83. The maximum absolute atomic E-state index is 13.2. The minimum Gasteiger partial charge on any atom is -0.485 e.